The van der Waals surface area contributed by atoms with Crippen molar-refractivity contribution in [1.29, 1.82) is 0 Å². The number of carbonyl (C=O) groups is 10. The highest BCUT2D eigenvalue weighted by Gasteiger charge is 2.11. The van der Waals surface area contributed by atoms with Gasteiger partial charge in [0.05, 0.1) is 0 Å². The van der Waals surface area contributed by atoms with E-state index in [2.05, 4.69) is 149 Å². The number of carbonyl (C=O) groups excluding carboxylic acids is 10. The Labute approximate surface area is 473 Å². The molecule has 1 aliphatic heterocycles. The van der Waals surface area contributed by atoms with Crippen molar-refractivity contribution in [2.45, 2.75) is 182 Å². The molecule has 0 aliphatic carbocycles. The molecule has 0 atom stereocenters. The molecule has 0 spiro atoms. The number of hydrogen-bond donors (Lipinski definition) is 10. The van der Waals surface area contributed by atoms with Crippen LogP contribution in [0.4, 0.5) is 0 Å². The lowest BCUT2D eigenvalue weighted by Gasteiger charge is -2.24. The van der Waals surface area contributed by atoms with Crippen LogP contribution in [0.1, 0.15) is 175 Å². The second-order valence-electron chi connectivity index (χ2n) is 12.7. The Morgan fingerprint density at radius 1 is 0.421 bits per heavy atom. The summed E-state index contributed by atoms with van der Waals surface area (Å²) in [5.74, 6) is 3.77. The van der Waals surface area contributed by atoms with Gasteiger partial charge in [0.2, 0.25) is 5.91 Å². The zero-order valence-corrected chi connectivity index (χ0v) is 54.8. The maximum absolute atomic E-state index is 10.7. The number of amides is 1. The van der Waals surface area contributed by atoms with Crippen LogP contribution in [0, 0.1) is 23.7 Å². The van der Waals surface area contributed by atoms with Crippen molar-refractivity contribution < 1.29 is 53.1 Å². The molecule has 0 radical (unpaired) electrons. The molecule has 0 saturated carbocycles. The molecule has 0 bridgehead atoms. The molecule has 1 aromatic carbocycles. The van der Waals surface area contributed by atoms with E-state index in [1.807, 2.05) is 85.9 Å². The molecular formula is C55H142N10O11. The summed E-state index contributed by atoms with van der Waals surface area (Å²) in [6.07, 6.45) is 9.88. The maximum Gasteiger partial charge on any atom is 0.219 e. The van der Waals surface area contributed by atoms with E-state index in [9.17, 15) is 4.79 Å². The van der Waals surface area contributed by atoms with Crippen LogP contribution >= 0.6 is 0 Å². The van der Waals surface area contributed by atoms with Crippen LogP contribution in [0.15, 0.2) is 30.3 Å². The lowest BCUT2D eigenvalue weighted by atomic mass is 10.1. The van der Waals surface area contributed by atoms with E-state index in [-0.39, 0.29) is 30.5 Å². The molecule has 0 aromatic heterocycles. The average Bonchev–Trinajstić information content (AvgIpc) is 3.50. The zero-order valence-electron chi connectivity index (χ0n) is 54.8. The largest absolute Gasteiger partial charge is 0.394 e. The van der Waals surface area contributed by atoms with E-state index in [1.54, 1.807) is 20.8 Å². The van der Waals surface area contributed by atoms with Gasteiger partial charge >= 0.3 is 0 Å². The van der Waals surface area contributed by atoms with Gasteiger partial charge in [0.15, 0.2) is 0 Å². The van der Waals surface area contributed by atoms with Crippen molar-refractivity contribution in [1.82, 2.24) is 23.4 Å². The van der Waals surface area contributed by atoms with Crippen LogP contribution in [0.2, 0.25) is 0 Å². The average molecular weight is 1120 g/mol. The minimum absolute atomic E-state index is 0. The Morgan fingerprint density at radius 3 is 0.645 bits per heavy atom. The molecule has 2 rings (SSSR count). The molecule has 21 heteroatoms. The molecule has 1 aliphatic rings. The minimum Gasteiger partial charge on any atom is -0.394 e. The molecule has 76 heavy (non-hydrogen) atoms. The van der Waals surface area contributed by atoms with Crippen molar-refractivity contribution in [3.8, 4) is 0 Å². The Hall–Kier alpha value is -4.68. The molecule has 1 amide bonds. The number of nitrogens with zero attached hydrogens (tertiary/aromatic N) is 1. The molecule has 1 saturated heterocycles. The van der Waals surface area contributed by atoms with Gasteiger partial charge in [0, 0.05) is 26.1 Å². The number of aliphatic hydroxyl groups excluding tert-OH is 1. The lowest BCUT2D eigenvalue weighted by Crippen LogP contribution is -2.33. The first kappa shape index (κ1) is 157. The summed E-state index contributed by atoms with van der Waals surface area (Å²) in [4.78, 5) is 84.6. The van der Waals surface area contributed by atoms with Gasteiger partial charge in [-0.05, 0) is 111 Å². The fourth-order valence-electron chi connectivity index (χ4n) is 1.92. The second-order valence-corrected chi connectivity index (χ2v) is 12.7. The van der Waals surface area contributed by atoms with Crippen molar-refractivity contribution in [3.05, 3.63) is 35.9 Å². The van der Waals surface area contributed by atoms with E-state index < -0.39 is 0 Å². The van der Waals surface area contributed by atoms with Gasteiger partial charge in [-0.3, -0.25) is 4.79 Å². The van der Waals surface area contributed by atoms with Crippen LogP contribution < -0.4 is 52.9 Å². The monoisotopic (exact) mass is 1120 g/mol. The van der Waals surface area contributed by atoms with Gasteiger partial charge in [-0.1, -0.05) is 160 Å². The van der Waals surface area contributed by atoms with Crippen molar-refractivity contribution in [2.24, 2.45) is 58.1 Å². The first-order valence-electron chi connectivity index (χ1n) is 24.1. The number of likely N-dealkylation sites (tertiary alicyclic amines) is 1. The van der Waals surface area contributed by atoms with Crippen LogP contribution in [-0.4, -0.2) is 138 Å². The quantitative estimate of drug-likeness (QED) is 0.131. The van der Waals surface area contributed by atoms with Crippen molar-refractivity contribution in [3.63, 3.8) is 0 Å². The molecular weight excluding hydrogens is 977 g/mol. The number of piperidine rings is 1. The first-order valence-corrected chi connectivity index (χ1v) is 24.1. The molecule has 478 valence electrons. The van der Waals surface area contributed by atoms with Gasteiger partial charge in [0.25, 0.3) is 0 Å². The fourth-order valence-corrected chi connectivity index (χ4v) is 1.92. The van der Waals surface area contributed by atoms with Crippen LogP contribution in [-0.2, 0) is 54.4 Å². The van der Waals surface area contributed by atoms with Gasteiger partial charge in [-0.25, -0.2) is 0 Å². The number of rotatable bonds is 5. The summed E-state index contributed by atoms with van der Waals surface area (Å²) in [7, 11) is 9.00. The predicted octanol–water partition coefficient (Wildman–Crippen LogP) is 9.16. The Balaban J connectivity index is -0.0000000174. The Morgan fingerprint density at radius 2 is 0.566 bits per heavy atom. The summed E-state index contributed by atoms with van der Waals surface area (Å²) in [5.41, 5.74) is 28.4. The lowest BCUT2D eigenvalue weighted by molar-refractivity contribution is -0.129. The number of aryl methyl sites for hydroxylation is 1. The first-order chi connectivity index (χ1) is 35.0. The van der Waals surface area contributed by atoms with Gasteiger partial charge in [0.1, 0.15) is 61.1 Å². The third kappa shape index (κ3) is 505. The topological polar surface area (TPSA) is 455 Å². The molecule has 1 aromatic rings. The van der Waals surface area contributed by atoms with Crippen LogP contribution in [0.3, 0.4) is 0 Å². The normalized spacial score (nSPS) is 7.34. The van der Waals surface area contributed by atoms with E-state index in [1.165, 1.54) is 92.8 Å². The fraction of sp³-hybridized carbons (Fsp3) is 0.709. The van der Waals surface area contributed by atoms with Gasteiger partial charge < -0.3 is 106 Å². The van der Waals surface area contributed by atoms with Crippen LogP contribution in [0.5, 0.6) is 0 Å². The van der Waals surface area contributed by atoms with Crippen LogP contribution in [0.25, 0.3) is 0 Å². The van der Waals surface area contributed by atoms with E-state index in [0.717, 1.165) is 43.2 Å². The highest BCUT2D eigenvalue weighted by Crippen LogP contribution is 2.07. The minimum atomic E-state index is -0.167. The molecule has 1 heterocycles. The summed E-state index contributed by atoms with van der Waals surface area (Å²) >= 11 is 0. The highest BCUT2D eigenvalue weighted by atomic mass is 16.3. The van der Waals surface area contributed by atoms with Gasteiger partial charge in [-0.15, -0.1) is 0 Å². The number of hydrogen-bond acceptors (Lipinski definition) is 20. The summed E-state index contributed by atoms with van der Waals surface area (Å²) in [5, 5.41) is 8.06. The highest BCUT2D eigenvalue weighted by molar-refractivity contribution is 5.73. The third-order valence-corrected chi connectivity index (χ3v) is 6.32. The SMILES string of the molecule is C=O.C=O.C=O.C=O.C=O.C=O.C=O.C=O.C=O.CC.CC(=O)N1CCCCC1.CC(C)O.CCC(C)C.CCC(C)C.CCC(C)C.CCC(C)C.CCc1ccccc1.CN.CN.CN.CN.CN.CN.N.N.N. The van der Waals surface area contributed by atoms with E-state index >= 15 is 0 Å². The third-order valence-electron chi connectivity index (χ3n) is 6.32. The summed E-state index contributed by atoms with van der Waals surface area (Å²) < 4.78 is 0. The van der Waals surface area contributed by atoms with E-state index in [4.69, 9.17) is 48.3 Å². The molecule has 21 nitrogen and oxygen atoms in total. The standard InChI is InChI=1S/C8H10.C7H13NO.4C5H12.C3H8O.C2H6.6CH5N.9CH2O.3H3N/c1-2-8-6-4-3-5-7-8;1-7(9)8-5-3-2-4-6-8;4*1-4-5(2)3;1-3(2)4;16*1-2;;;/h3-7H,2H2,1H3;2-6H2,1H3;4*5H,4H2,1-3H3;3-4H,1-2H3;1-2H3;6*2H2,1H3;9*1H2;3*1H3. The molecule has 1 fully saturated rings. The van der Waals surface area contributed by atoms with E-state index in [0.29, 0.717) is 0 Å². The molecule has 22 N–H and O–H groups in total. The Kier molecular flexibility index (Phi) is 595. The summed E-state index contributed by atoms with van der Waals surface area (Å²) in [6, 6.07) is 10.5. The second kappa shape index (κ2) is 287. The predicted molar refractivity (Wildman–Crippen MR) is 341 cm³/mol. The zero-order chi connectivity index (χ0) is 65.2. The smallest absolute Gasteiger partial charge is 0.219 e. The molecule has 0 unspecified atom stereocenters. The Bertz CT molecular complexity index is 708. The summed E-state index contributed by atoms with van der Waals surface area (Å²) in [6.45, 7) is 57.8. The number of aliphatic hydroxyl groups is 1. The number of benzene rings is 1. The van der Waals surface area contributed by atoms with Gasteiger partial charge in [-0.2, -0.15) is 0 Å². The van der Waals surface area contributed by atoms with Crippen molar-refractivity contribution in [2.75, 3.05) is 55.4 Å². The maximum atomic E-state index is 10.7. The number of nitrogens with two attached hydrogens (primary N) is 6. The van der Waals surface area contributed by atoms with Crippen molar-refractivity contribution >= 4 is 67.0 Å².